The third kappa shape index (κ3) is 4.74. The molecule has 3 saturated carbocycles. The second kappa shape index (κ2) is 8.81. The summed E-state index contributed by atoms with van der Waals surface area (Å²) in [4.78, 5) is 0. The Morgan fingerprint density at radius 1 is 0.743 bits per heavy atom. The van der Waals surface area contributed by atoms with Crippen LogP contribution < -0.4 is 0 Å². The SMILES string of the molecule is CC12CCC(O[Si](C)(C)C(C)(C)C)C=C1CCC1C2CCC2(C)C(O[Si](C)(C)C(C)(C)C)CCC12. The first-order valence-corrected chi connectivity index (χ1v) is 20.7. The molecule has 0 aromatic carbocycles. The number of hydrogen-bond acceptors (Lipinski definition) is 2. The van der Waals surface area contributed by atoms with Crippen molar-refractivity contribution in [2.75, 3.05) is 0 Å². The number of fused-ring (bicyclic) bond motifs is 5. The van der Waals surface area contributed by atoms with Crippen LogP contribution in [0, 0.1) is 28.6 Å². The minimum Gasteiger partial charge on any atom is -0.413 e. The van der Waals surface area contributed by atoms with E-state index in [0.717, 1.165) is 17.8 Å². The normalized spacial score (nSPS) is 40.6. The molecule has 0 aromatic heterocycles. The second-order valence-corrected chi connectivity index (χ2v) is 26.0. The minimum absolute atomic E-state index is 0.281. The molecule has 2 nitrogen and oxygen atoms in total. The molecule has 4 rings (SSSR count). The highest BCUT2D eigenvalue weighted by molar-refractivity contribution is 6.74. The summed E-state index contributed by atoms with van der Waals surface area (Å²) < 4.78 is 14.0. The summed E-state index contributed by atoms with van der Waals surface area (Å²) in [6.07, 6.45) is 14.1. The Labute approximate surface area is 220 Å². The van der Waals surface area contributed by atoms with Crippen LogP contribution in [0.4, 0.5) is 0 Å². The predicted molar refractivity (Wildman–Crippen MR) is 156 cm³/mol. The summed E-state index contributed by atoms with van der Waals surface area (Å²) in [5.74, 6) is 2.61. The van der Waals surface area contributed by atoms with Gasteiger partial charge < -0.3 is 8.85 Å². The van der Waals surface area contributed by atoms with Crippen LogP contribution in [0.15, 0.2) is 11.6 Å². The van der Waals surface area contributed by atoms with Gasteiger partial charge >= 0.3 is 0 Å². The molecule has 0 aliphatic heterocycles. The maximum absolute atomic E-state index is 7.15. The van der Waals surface area contributed by atoms with Crippen LogP contribution in [0.2, 0.25) is 36.3 Å². The van der Waals surface area contributed by atoms with Crippen LogP contribution in [-0.2, 0) is 8.85 Å². The van der Waals surface area contributed by atoms with Gasteiger partial charge in [0.25, 0.3) is 0 Å². The maximum Gasteiger partial charge on any atom is 0.192 e. The topological polar surface area (TPSA) is 18.5 Å². The number of rotatable bonds is 4. The van der Waals surface area contributed by atoms with Gasteiger partial charge in [-0.15, -0.1) is 0 Å². The maximum atomic E-state index is 7.15. The molecule has 0 saturated heterocycles. The van der Waals surface area contributed by atoms with Gasteiger partial charge in [-0.3, -0.25) is 0 Å². The monoisotopic (exact) mass is 518 g/mol. The van der Waals surface area contributed by atoms with E-state index in [1.54, 1.807) is 5.57 Å². The zero-order valence-electron chi connectivity index (χ0n) is 25.4. The highest BCUT2D eigenvalue weighted by Crippen LogP contribution is 2.66. The van der Waals surface area contributed by atoms with Crippen molar-refractivity contribution in [3.8, 4) is 0 Å². The van der Waals surface area contributed by atoms with E-state index in [0.29, 0.717) is 28.1 Å². The molecule has 0 heterocycles. The van der Waals surface area contributed by atoms with Gasteiger partial charge in [0.2, 0.25) is 0 Å². The van der Waals surface area contributed by atoms with Gasteiger partial charge in [-0.05, 0) is 116 Å². The lowest BCUT2D eigenvalue weighted by Gasteiger charge is -2.59. The van der Waals surface area contributed by atoms with E-state index >= 15 is 0 Å². The van der Waals surface area contributed by atoms with Gasteiger partial charge in [-0.2, -0.15) is 0 Å². The lowest BCUT2D eigenvalue weighted by Crippen LogP contribution is -2.54. The minimum atomic E-state index is -1.74. The largest absolute Gasteiger partial charge is 0.413 e. The summed E-state index contributed by atoms with van der Waals surface area (Å²) in [5, 5.41) is 0.574. The Morgan fingerprint density at radius 3 is 1.94 bits per heavy atom. The van der Waals surface area contributed by atoms with Crippen molar-refractivity contribution in [2.45, 2.75) is 155 Å². The Kier molecular flexibility index (Phi) is 7.08. The molecule has 0 radical (unpaired) electrons. The average molecular weight is 519 g/mol. The summed E-state index contributed by atoms with van der Waals surface area (Å²) in [5.41, 5.74) is 2.54. The quantitative estimate of drug-likeness (QED) is 0.272. The highest BCUT2D eigenvalue weighted by Gasteiger charge is 2.60. The van der Waals surface area contributed by atoms with Gasteiger partial charge in [0.1, 0.15) is 0 Å². The fourth-order valence-corrected chi connectivity index (χ4v) is 10.8. The van der Waals surface area contributed by atoms with Crippen molar-refractivity contribution in [3.05, 3.63) is 11.6 Å². The molecule has 35 heavy (non-hydrogen) atoms. The van der Waals surface area contributed by atoms with Gasteiger partial charge in [-0.1, -0.05) is 67.0 Å². The van der Waals surface area contributed by atoms with Crippen molar-refractivity contribution in [1.82, 2.24) is 0 Å². The first-order valence-electron chi connectivity index (χ1n) is 14.9. The van der Waals surface area contributed by atoms with Crippen LogP contribution in [-0.4, -0.2) is 28.8 Å². The standard InChI is InChI=1S/C31H58O2Si2/c1-28(2,3)34(9,10)32-23-17-19-30(7)22(21-23)13-14-24-25-15-16-27(31(25,8)20-18-26(24)30)33-35(11,12)29(4,5)6/h21,23-27H,13-20H2,1-12H3. The molecule has 7 unspecified atom stereocenters. The zero-order valence-corrected chi connectivity index (χ0v) is 27.4. The average Bonchev–Trinajstić information content (AvgIpc) is 3.02. The summed E-state index contributed by atoms with van der Waals surface area (Å²) >= 11 is 0. The summed E-state index contributed by atoms with van der Waals surface area (Å²) in [6, 6.07) is 0. The van der Waals surface area contributed by atoms with Crippen molar-refractivity contribution in [3.63, 3.8) is 0 Å². The molecule has 0 N–H and O–H groups in total. The lowest BCUT2D eigenvalue weighted by atomic mass is 9.47. The fourth-order valence-electron chi connectivity index (χ4n) is 8.02. The van der Waals surface area contributed by atoms with E-state index in [9.17, 15) is 0 Å². The molecule has 4 heteroatoms. The fraction of sp³-hybridized carbons (Fsp3) is 0.935. The molecule has 4 aliphatic rings. The third-order valence-corrected chi connectivity index (χ3v) is 21.5. The van der Waals surface area contributed by atoms with E-state index in [1.807, 2.05) is 0 Å². The van der Waals surface area contributed by atoms with Crippen molar-refractivity contribution >= 4 is 16.6 Å². The highest BCUT2D eigenvalue weighted by atomic mass is 28.4. The van der Waals surface area contributed by atoms with Crippen LogP contribution in [0.25, 0.3) is 0 Å². The van der Waals surface area contributed by atoms with E-state index in [2.05, 4.69) is 87.7 Å². The van der Waals surface area contributed by atoms with Crippen LogP contribution in [0.1, 0.15) is 107 Å². The molecule has 0 spiro atoms. The molecule has 0 bridgehead atoms. The van der Waals surface area contributed by atoms with Crippen molar-refractivity contribution < 1.29 is 8.85 Å². The molecule has 7 atom stereocenters. The summed E-state index contributed by atoms with van der Waals surface area (Å²) in [6.45, 7) is 29.3. The predicted octanol–water partition coefficient (Wildman–Crippen LogP) is 9.73. The van der Waals surface area contributed by atoms with Gasteiger partial charge in [0, 0.05) is 0 Å². The van der Waals surface area contributed by atoms with Crippen LogP contribution in [0.3, 0.4) is 0 Å². The Hall–Kier alpha value is 0.0938. The van der Waals surface area contributed by atoms with Crippen LogP contribution >= 0.6 is 0 Å². The van der Waals surface area contributed by atoms with Gasteiger partial charge in [0.05, 0.1) is 12.2 Å². The van der Waals surface area contributed by atoms with E-state index in [1.165, 1.54) is 51.4 Å². The smallest absolute Gasteiger partial charge is 0.192 e. The third-order valence-electron chi connectivity index (χ3n) is 12.5. The van der Waals surface area contributed by atoms with E-state index in [4.69, 9.17) is 8.85 Å². The molecule has 0 amide bonds. The Morgan fingerprint density at radius 2 is 1.34 bits per heavy atom. The molecule has 3 fully saturated rings. The Bertz CT molecular complexity index is 832. The summed E-state index contributed by atoms with van der Waals surface area (Å²) in [7, 11) is -3.47. The first kappa shape index (κ1) is 28.1. The van der Waals surface area contributed by atoms with E-state index < -0.39 is 16.6 Å². The van der Waals surface area contributed by atoms with E-state index in [-0.39, 0.29) is 5.04 Å². The molecular formula is C31H58O2Si2. The number of hydrogen-bond donors (Lipinski definition) is 0. The molecule has 202 valence electrons. The molecule has 4 aliphatic carbocycles. The Balaban J connectivity index is 1.51. The molecular weight excluding hydrogens is 461 g/mol. The first-order chi connectivity index (χ1) is 15.8. The van der Waals surface area contributed by atoms with Crippen molar-refractivity contribution in [2.24, 2.45) is 28.6 Å². The molecule has 0 aromatic rings. The number of allylic oxidation sites excluding steroid dienone is 1. The van der Waals surface area contributed by atoms with Gasteiger partial charge in [0.15, 0.2) is 16.6 Å². The van der Waals surface area contributed by atoms with Gasteiger partial charge in [-0.25, -0.2) is 0 Å². The zero-order chi connectivity index (χ0) is 26.2. The van der Waals surface area contributed by atoms with Crippen LogP contribution in [0.5, 0.6) is 0 Å². The second-order valence-electron chi connectivity index (χ2n) is 16.5. The lowest BCUT2D eigenvalue weighted by molar-refractivity contribution is -0.0725. The van der Waals surface area contributed by atoms with Crippen molar-refractivity contribution in [1.29, 1.82) is 0 Å².